The van der Waals surface area contributed by atoms with Crippen LogP contribution in [0.4, 0.5) is 8.78 Å². The maximum absolute atomic E-state index is 13.1. The molecule has 18 heavy (non-hydrogen) atoms. The Bertz CT molecular complexity index is 466. The first-order chi connectivity index (χ1) is 8.31. The van der Waals surface area contributed by atoms with E-state index in [4.69, 9.17) is 11.1 Å². The van der Waals surface area contributed by atoms with E-state index in [2.05, 4.69) is 0 Å². The molecule has 0 bridgehead atoms. The van der Waals surface area contributed by atoms with Crippen LogP contribution in [0.3, 0.4) is 0 Å². The van der Waals surface area contributed by atoms with Gasteiger partial charge in [-0.25, -0.2) is 8.78 Å². The number of hydrogen-bond acceptors (Lipinski definition) is 2. The van der Waals surface area contributed by atoms with Gasteiger partial charge in [0.15, 0.2) is 0 Å². The van der Waals surface area contributed by atoms with E-state index >= 15 is 0 Å². The zero-order valence-corrected chi connectivity index (χ0v) is 10.8. The first-order valence-electron chi connectivity index (χ1n) is 5.80. The van der Waals surface area contributed by atoms with Crippen molar-refractivity contribution in [2.75, 3.05) is 0 Å². The number of allylic oxidation sites excluding steroid dienone is 2. The molecule has 0 aromatic heterocycles. The Morgan fingerprint density at radius 2 is 1.72 bits per heavy atom. The summed E-state index contributed by atoms with van der Waals surface area (Å²) < 4.78 is 26.2. The minimum atomic E-state index is -0.616. The molecule has 0 aliphatic carbocycles. The molecular formula is C14H18F2N2. The summed E-state index contributed by atoms with van der Waals surface area (Å²) in [5.74, 6) is -1.21. The molecule has 0 spiro atoms. The third-order valence-electron chi connectivity index (χ3n) is 2.68. The predicted molar refractivity (Wildman–Crippen MR) is 69.5 cm³/mol. The van der Waals surface area contributed by atoms with Gasteiger partial charge in [-0.3, -0.25) is 0 Å². The van der Waals surface area contributed by atoms with Crippen molar-refractivity contribution in [2.24, 2.45) is 11.7 Å². The number of hydrogen-bond donors (Lipinski definition) is 2. The first kappa shape index (κ1) is 14.4. The lowest BCUT2D eigenvalue weighted by molar-refractivity contribution is 0.580. The fourth-order valence-corrected chi connectivity index (χ4v) is 1.71. The monoisotopic (exact) mass is 252 g/mol. The van der Waals surface area contributed by atoms with E-state index in [9.17, 15) is 8.78 Å². The third kappa shape index (κ3) is 3.65. The van der Waals surface area contributed by atoms with E-state index in [1.165, 1.54) is 12.1 Å². The fourth-order valence-electron chi connectivity index (χ4n) is 1.71. The summed E-state index contributed by atoms with van der Waals surface area (Å²) in [7, 11) is 0. The van der Waals surface area contributed by atoms with Gasteiger partial charge in [-0.15, -0.1) is 0 Å². The number of nitrogens with one attached hydrogen (secondary N) is 1. The van der Waals surface area contributed by atoms with Crippen molar-refractivity contribution in [1.29, 1.82) is 5.41 Å². The molecule has 0 saturated heterocycles. The predicted octanol–water partition coefficient (Wildman–Crippen LogP) is 3.42. The number of benzene rings is 1. The van der Waals surface area contributed by atoms with Crippen molar-refractivity contribution in [3.8, 4) is 0 Å². The summed E-state index contributed by atoms with van der Waals surface area (Å²) in [5, 5.41) is 7.96. The maximum atomic E-state index is 13.1. The molecule has 0 atom stereocenters. The van der Waals surface area contributed by atoms with Crippen molar-refractivity contribution in [1.82, 2.24) is 0 Å². The molecule has 3 N–H and O–H groups in total. The van der Waals surface area contributed by atoms with Crippen LogP contribution in [0.25, 0.3) is 0 Å². The molecule has 0 amide bonds. The second kappa shape index (κ2) is 5.76. The Morgan fingerprint density at radius 1 is 1.22 bits per heavy atom. The molecule has 0 radical (unpaired) electrons. The van der Waals surface area contributed by atoms with Gasteiger partial charge >= 0.3 is 0 Å². The van der Waals surface area contributed by atoms with Gasteiger partial charge in [0, 0.05) is 23.9 Å². The van der Waals surface area contributed by atoms with Gasteiger partial charge in [0.25, 0.3) is 0 Å². The molecule has 2 nitrogen and oxygen atoms in total. The molecule has 0 fully saturated rings. The fraction of sp³-hybridized carbons (Fsp3) is 0.357. The summed E-state index contributed by atoms with van der Waals surface area (Å²) in [5.41, 5.74) is 7.78. The maximum Gasteiger partial charge on any atom is 0.126 e. The highest BCUT2D eigenvalue weighted by Gasteiger charge is 2.13. The summed E-state index contributed by atoms with van der Waals surface area (Å²) in [6, 6.07) is 3.36. The number of halogens is 2. The molecule has 98 valence electrons. The largest absolute Gasteiger partial charge is 0.402 e. The van der Waals surface area contributed by atoms with Crippen LogP contribution in [0.5, 0.6) is 0 Å². The average molecular weight is 252 g/mol. The van der Waals surface area contributed by atoms with E-state index in [1.54, 1.807) is 6.92 Å². The average Bonchev–Trinajstić information content (AvgIpc) is 2.23. The lowest BCUT2D eigenvalue weighted by Gasteiger charge is -2.14. The van der Waals surface area contributed by atoms with Crippen LogP contribution in [-0.2, 0) is 6.42 Å². The SMILES string of the molecule is C/C(N)=C(\Cc1cc(F)cc(F)c1)C(=N)C(C)C. The zero-order chi connectivity index (χ0) is 13.9. The summed E-state index contributed by atoms with van der Waals surface area (Å²) in [6.07, 6.45) is 0.272. The Morgan fingerprint density at radius 3 is 2.11 bits per heavy atom. The molecule has 0 aliphatic rings. The quantitative estimate of drug-likeness (QED) is 0.793. The standard InChI is InChI=1S/C14H18F2N2/c1-8(2)14(18)13(9(3)17)6-10-4-11(15)7-12(16)5-10/h4-5,7-8,18H,6,17H2,1-3H3/b13-9-,18-14?. The van der Waals surface area contributed by atoms with Gasteiger partial charge in [0.05, 0.1) is 0 Å². The van der Waals surface area contributed by atoms with Gasteiger partial charge in [-0.1, -0.05) is 13.8 Å². The number of nitrogens with two attached hydrogens (primary N) is 1. The van der Waals surface area contributed by atoms with Crippen LogP contribution < -0.4 is 5.73 Å². The normalized spacial score (nSPS) is 12.6. The van der Waals surface area contributed by atoms with Crippen molar-refractivity contribution < 1.29 is 8.78 Å². The van der Waals surface area contributed by atoms with Crippen LogP contribution in [0.2, 0.25) is 0 Å². The second-order valence-corrected chi connectivity index (χ2v) is 4.68. The van der Waals surface area contributed by atoms with Crippen molar-refractivity contribution in [2.45, 2.75) is 27.2 Å². The first-order valence-corrected chi connectivity index (χ1v) is 5.80. The van der Waals surface area contributed by atoms with Crippen molar-refractivity contribution in [3.05, 3.63) is 46.7 Å². The van der Waals surface area contributed by atoms with Crippen LogP contribution in [0, 0.1) is 23.0 Å². The molecule has 1 rings (SSSR count). The van der Waals surface area contributed by atoms with E-state index in [0.29, 0.717) is 22.5 Å². The van der Waals surface area contributed by atoms with Crippen LogP contribution in [-0.4, -0.2) is 5.71 Å². The smallest absolute Gasteiger partial charge is 0.126 e. The Labute approximate surface area is 106 Å². The van der Waals surface area contributed by atoms with Gasteiger partial charge < -0.3 is 11.1 Å². The summed E-state index contributed by atoms with van der Waals surface area (Å²) >= 11 is 0. The lowest BCUT2D eigenvalue weighted by atomic mass is 9.93. The number of rotatable bonds is 4. The van der Waals surface area contributed by atoms with Gasteiger partial charge in [-0.2, -0.15) is 0 Å². The molecule has 0 heterocycles. The highest BCUT2D eigenvalue weighted by Crippen LogP contribution is 2.17. The molecule has 0 aliphatic heterocycles. The van der Waals surface area contributed by atoms with Crippen LogP contribution in [0.1, 0.15) is 26.3 Å². The molecule has 1 aromatic carbocycles. The summed E-state index contributed by atoms with van der Waals surface area (Å²) in [6.45, 7) is 5.47. The van der Waals surface area contributed by atoms with E-state index in [-0.39, 0.29) is 12.3 Å². The van der Waals surface area contributed by atoms with Gasteiger partial charge in [-0.05, 0) is 36.1 Å². The summed E-state index contributed by atoms with van der Waals surface area (Å²) in [4.78, 5) is 0. The Kier molecular flexibility index (Phi) is 4.59. The zero-order valence-electron chi connectivity index (χ0n) is 10.8. The minimum Gasteiger partial charge on any atom is -0.402 e. The van der Waals surface area contributed by atoms with Crippen LogP contribution in [0.15, 0.2) is 29.5 Å². The van der Waals surface area contributed by atoms with Gasteiger partial charge in [0.2, 0.25) is 0 Å². The topological polar surface area (TPSA) is 49.9 Å². The molecule has 0 saturated carbocycles. The molecule has 0 unspecified atom stereocenters. The Hall–Kier alpha value is -1.71. The van der Waals surface area contributed by atoms with E-state index in [0.717, 1.165) is 6.07 Å². The van der Waals surface area contributed by atoms with E-state index in [1.807, 2.05) is 13.8 Å². The molecule has 4 heteroatoms. The molecular weight excluding hydrogens is 234 g/mol. The second-order valence-electron chi connectivity index (χ2n) is 4.68. The van der Waals surface area contributed by atoms with Crippen molar-refractivity contribution in [3.63, 3.8) is 0 Å². The Balaban J connectivity index is 3.06. The van der Waals surface area contributed by atoms with Crippen molar-refractivity contribution >= 4 is 5.71 Å². The minimum absolute atomic E-state index is 0.0249. The highest BCUT2D eigenvalue weighted by atomic mass is 19.1. The highest BCUT2D eigenvalue weighted by molar-refractivity contribution is 5.99. The van der Waals surface area contributed by atoms with Gasteiger partial charge in [0.1, 0.15) is 11.6 Å². The van der Waals surface area contributed by atoms with E-state index < -0.39 is 11.6 Å². The lowest BCUT2D eigenvalue weighted by Crippen LogP contribution is -2.16. The van der Waals surface area contributed by atoms with Crippen LogP contribution >= 0.6 is 0 Å². The third-order valence-corrected chi connectivity index (χ3v) is 2.68. The molecule has 1 aromatic rings.